The van der Waals surface area contributed by atoms with Crippen molar-refractivity contribution in [1.82, 2.24) is 0 Å². The molecule has 0 aliphatic carbocycles. The highest BCUT2D eigenvalue weighted by Gasteiger charge is 1.95. The monoisotopic (exact) mass is 168 g/mol. The Balaban J connectivity index is 3.47. The zero-order valence-corrected chi connectivity index (χ0v) is 5.97. The lowest BCUT2D eigenvalue weighted by molar-refractivity contribution is 4.51. The maximum absolute atomic E-state index is 4.99. The van der Waals surface area contributed by atoms with Gasteiger partial charge in [-0.3, -0.25) is 0 Å². The molecule has 0 unspecified atom stereocenters. The van der Waals surface area contributed by atoms with Gasteiger partial charge >= 0.3 is 0 Å². The predicted octanol–water partition coefficient (Wildman–Crippen LogP) is 2.93. The summed E-state index contributed by atoms with van der Waals surface area (Å²) in [6.45, 7) is 0. The van der Waals surface area contributed by atoms with Gasteiger partial charge in [0.15, 0.2) is 0 Å². The van der Waals surface area contributed by atoms with Crippen LogP contribution in [0.2, 0.25) is 0 Å². The van der Waals surface area contributed by atoms with Crippen molar-refractivity contribution >= 4 is 49.6 Å². The molecule has 0 N–H and O–H groups in total. The second kappa shape index (κ2) is 1.99. The van der Waals surface area contributed by atoms with Gasteiger partial charge in [0, 0.05) is 0 Å². The molecule has 0 aliphatic rings. The molecule has 0 spiro atoms. The lowest BCUT2D eigenvalue weighted by Gasteiger charge is -1.80. The van der Waals surface area contributed by atoms with Crippen molar-refractivity contribution in [3.8, 4) is 0 Å². The standard InChI is InChI=1S/Cl3PS/c1-4(2,3)5. The summed E-state index contributed by atoms with van der Waals surface area (Å²) in [5.74, 6) is 0. The highest BCUT2D eigenvalue weighted by atomic mass is 36.1. The summed E-state index contributed by atoms with van der Waals surface area (Å²) in [5, 5.41) is 0. The van der Waals surface area contributed by atoms with Gasteiger partial charge in [-0.2, -0.15) is 0 Å². The molecule has 5 heavy (non-hydrogen) atoms. The molecule has 0 saturated heterocycles. The van der Waals surface area contributed by atoms with E-state index >= 15 is 0 Å². The molecule has 0 heterocycles. The van der Waals surface area contributed by atoms with Crippen LogP contribution in [0.3, 0.4) is 0 Å². The first-order chi connectivity index (χ1) is 2.00. The third kappa shape index (κ3) is 29.6. The molecule has 5 heteroatoms. The number of hydrogen-bond donors (Lipinski definition) is 0. The summed E-state index contributed by atoms with van der Waals surface area (Å²) in [4.78, 5) is 0. The van der Waals surface area contributed by atoms with E-state index in [2.05, 4.69) is 11.8 Å². The molecule has 0 radical (unpaired) electrons. The summed E-state index contributed by atoms with van der Waals surface area (Å²) in [5.41, 5.74) is 0. The molecule has 0 fully saturated rings. The Hall–Kier alpha value is 1.52. The molecule has 0 bridgehead atoms. The molecular weight excluding hydrogens is 169 g/mol. The van der Waals surface area contributed by atoms with Crippen LogP contribution >= 0.6 is 37.8 Å². The molecule has 0 aliphatic heterocycles. The summed E-state index contributed by atoms with van der Waals surface area (Å²) in [7, 11) is 0. The predicted molar refractivity (Wildman–Crippen MR) is 31.8 cm³/mol. The van der Waals surface area contributed by atoms with Crippen molar-refractivity contribution in [2.24, 2.45) is 0 Å². The lowest BCUT2D eigenvalue weighted by Crippen LogP contribution is -1.17. The van der Waals surface area contributed by atoms with E-state index in [1.165, 1.54) is 0 Å². The van der Waals surface area contributed by atoms with Crippen LogP contribution in [0.15, 0.2) is 0 Å². The third-order valence-corrected chi connectivity index (χ3v) is 0. The zero-order chi connectivity index (χ0) is 4.50. The van der Waals surface area contributed by atoms with Crippen LogP contribution < -0.4 is 0 Å². The van der Waals surface area contributed by atoms with Crippen molar-refractivity contribution in [1.29, 1.82) is 0 Å². The first kappa shape index (κ1) is 6.52. The fourth-order valence-electron chi connectivity index (χ4n) is 0. The first-order valence-corrected chi connectivity index (χ1v) is 6.21. The van der Waals surface area contributed by atoms with Gasteiger partial charge < -0.3 is 0 Å². The topological polar surface area (TPSA) is 0 Å². The van der Waals surface area contributed by atoms with Crippen molar-refractivity contribution in [3.05, 3.63) is 0 Å². The van der Waals surface area contributed by atoms with E-state index in [9.17, 15) is 0 Å². The van der Waals surface area contributed by atoms with Gasteiger partial charge in [0.1, 0.15) is 0 Å². The van der Waals surface area contributed by atoms with E-state index in [0.717, 1.165) is 0 Å². The molecule has 32 valence electrons. The van der Waals surface area contributed by atoms with Crippen LogP contribution in [0.5, 0.6) is 0 Å². The Kier molecular flexibility index (Phi) is 2.60. The van der Waals surface area contributed by atoms with Crippen molar-refractivity contribution in [2.75, 3.05) is 0 Å². The van der Waals surface area contributed by atoms with Gasteiger partial charge in [0.25, 0.3) is 0 Å². The van der Waals surface area contributed by atoms with Crippen LogP contribution in [-0.4, -0.2) is 0 Å². The van der Waals surface area contributed by atoms with Crippen molar-refractivity contribution in [2.45, 2.75) is 0 Å². The van der Waals surface area contributed by atoms with Crippen LogP contribution in [0.25, 0.3) is 0 Å². The lowest BCUT2D eigenvalue weighted by atomic mass is 30.1. The van der Waals surface area contributed by atoms with E-state index in [1.54, 1.807) is 0 Å². The summed E-state index contributed by atoms with van der Waals surface area (Å²) >= 11 is 19.2. The first-order valence-electron chi connectivity index (χ1n) is 0.690. The molecular formula is Cl3PS. The second-order valence-electron chi connectivity index (χ2n) is 0.399. The SMILES string of the molecule is S=P(Cl)(Cl)Cl. The van der Waals surface area contributed by atoms with Gasteiger partial charge in [-0.25, -0.2) is 0 Å². The van der Waals surface area contributed by atoms with Gasteiger partial charge in [-0.1, -0.05) is 33.7 Å². The van der Waals surface area contributed by atoms with E-state index in [1.807, 2.05) is 0 Å². The van der Waals surface area contributed by atoms with Gasteiger partial charge in [-0.05, 0) is 11.8 Å². The minimum absolute atomic E-state index is 2.39. The van der Waals surface area contributed by atoms with Crippen LogP contribution in [0.4, 0.5) is 0 Å². The van der Waals surface area contributed by atoms with Crippen molar-refractivity contribution < 1.29 is 0 Å². The molecule has 0 aromatic rings. The average Bonchev–Trinajstić information content (AvgIpc) is 0.722. The smallest absolute Gasteiger partial charge is 0.0518 e. The fraction of sp³-hybridized carbons (Fsp3) is 0. The number of hydrogen-bond acceptors (Lipinski definition) is 1. The largest absolute Gasteiger partial charge is 0.202 e. The Morgan fingerprint density at radius 2 is 1.20 bits per heavy atom. The van der Waals surface area contributed by atoms with Crippen LogP contribution in [0, 0.1) is 0 Å². The minimum atomic E-state index is -2.39. The van der Waals surface area contributed by atoms with Gasteiger partial charge in [0.05, 0.1) is 0 Å². The van der Waals surface area contributed by atoms with Crippen molar-refractivity contribution in [3.63, 3.8) is 0 Å². The summed E-state index contributed by atoms with van der Waals surface area (Å²) in [6.07, 6.45) is 0. The van der Waals surface area contributed by atoms with E-state index in [-0.39, 0.29) is 0 Å². The molecule has 0 amide bonds. The van der Waals surface area contributed by atoms with Gasteiger partial charge in [0.2, 0.25) is 4.10 Å². The molecule has 0 atom stereocenters. The van der Waals surface area contributed by atoms with E-state index in [0.29, 0.717) is 0 Å². The Morgan fingerprint density at radius 1 is 1.20 bits per heavy atom. The maximum atomic E-state index is 4.99. The van der Waals surface area contributed by atoms with E-state index in [4.69, 9.17) is 33.7 Å². The van der Waals surface area contributed by atoms with Crippen LogP contribution in [-0.2, 0) is 11.8 Å². The van der Waals surface area contributed by atoms with Gasteiger partial charge in [-0.15, -0.1) is 0 Å². The normalized spacial score (nSPS) is 11.8. The Bertz CT molecular complexity index is 53.0. The number of halogens is 3. The zero-order valence-electron chi connectivity index (χ0n) is 1.99. The second-order valence-corrected chi connectivity index (χ2v) is 10.8. The summed E-state index contributed by atoms with van der Waals surface area (Å²) in [6, 6.07) is 0. The summed E-state index contributed by atoms with van der Waals surface area (Å²) < 4.78 is -2.39. The van der Waals surface area contributed by atoms with E-state index < -0.39 is 4.10 Å². The maximum Gasteiger partial charge on any atom is 0.202 e. The third-order valence-electron chi connectivity index (χ3n) is 0. The molecule has 0 aromatic heterocycles. The Morgan fingerprint density at radius 3 is 1.20 bits per heavy atom. The Labute approximate surface area is 49.8 Å². The molecule has 0 saturated carbocycles. The quantitative estimate of drug-likeness (QED) is 0.503. The highest BCUT2D eigenvalue weighted by molar-refractivity contribution is 8.50. The number of rotatable bonds is 0. The average molecular weight is 169 g/mol. The minimum Gasteiger partial charge on any atom is -0.0518 e. The van der Waals surface area contributed by atoms with Crippen LogP contribution in [0.1, 0.15) is 0 Å². The highest BCUT2D eigenvalue weighted by Crippen LogP contribution is 2.61. The molecule has 0 aromatic carbocycles. The fourth-order valence-corrected chi connectivity index (χ4v) is 0. The molecule has 0 rings (SSSR count). The molecule has 0 nitrogen and oxygen atoms in total.